The van der Waals surface area contributed by atoms with Gasteiger partial charge < -0.3 is 14.6 Å². The highest BCUT2D eigenvalue weighted by Crippen LogP contribution is 2.23. The molecule has 1 unspecified atom stereocenters. The molecule has 3 nitrogen and oxygen atoms in total. The zero-order chi connectivity index (χ0) is 10.6. The van der Waals surface area contributed by atoms with Gasteiger partial charge in [0.1, 0.15) is 5.75 Å². The molecule has 0 aliphatic heterocycles. The molecule has 0 saturated heterocycles. The molecule has 0 amide bonds. The van der Waals surface area contributed by atoms with Crippen LogP contribution in [0.3, 0.4) is 0 Å². The normalized spacial score (nSPS) is 12.6. The van der Waals surface area contributed by atoms with Crippen molar-refractivity contribution in [3.8, 4) is 5.75 Å². The second-order valence-electron chi connectivity index (χ2n) is 3.03. The lowest BCUT2D eigenvalue weighted by Gasteiger charge is -2.14. The minimum Gasteiger partial charge on any atom is -0.497 e. The van der Waals surface area contributed by atoms with Crippen LogP contribution in [-0.4, -0.2) is 18.8 Å². The number of benzene rings is 1. The van der Waals surface area contributed by atoms with Crippen molar-refractivity contribution in [2.75, 3.05) is 13.7 Å². The van der Waals surface area contributed by atoms with Crippen LogP contribution in [0.4, 0.5) is 0 Å². The van der Waals surface area contributed by atoms with Crippen molar-refractivity contribution >= 4 is 0 Å². The van der Waals surface area contributed by atoms with E-state index in [2.05, 4.69) is 0 Å². The molecule has 0 aliphatic carbocycles. The largest absolute Gasteiger partial charge is 0.497 e. The molecule has 78 valence electrons. The molecule has 0 aromatic heterocycles. The summed E-state index contributed by atoms with van der Waals surface area (Å²) in [6.45, 7) is 4.26. The van der Waals surface area contributed by atoms with Crippen LogP contribution in [-0.2, 0) is 4.74 Å². The van der Waals surface area contributed by atoms with Crippen LogP contribution in [0.25, 0.3) is 0 Å². The molecule has 1 N–H and O–H groups in total. The van der Waals surface area contributed by atoms with Crippen LogP contribution >= 0.6 is 0 Å². The lowest BCUT2D eigenvalue weighted by molar-refractivity contribution is -0.0984. The van der Waals surface area contributed by atoms with Crippen molar-refractivity contribution < 1.29 is 14.6 Å². The van der Waals surface area contributed by atoms with Gasteiger partial charge in [0.25, 0.3) is 0 Å². The number of rotatable bonds is 4. The average molecular weight is 196 g/mol. The number of aliphatic hydroxyl groups excluding tert-OH is 1. The first-order valence-electron chi connectivity index (χ1n) is 4.63. The van der Waals surface area contributed by atoms with E-state index in [9.17, 15) is 5.11 Å². The van der Waals surface area contributed by atoms with Crippen molar-refractivity contribution in [2.24, 2.45) is 0 Å². The summed E-state index contributed by atoms with van der Waals surface area (Å²) in [6, 6.07) is 5.55. The Kier molecular flexibility index (Phi) is 3.92. The molecule has 1 aromatic rings. The quantitative estimate of drug-likeness (QED) is 0.749. The van der Waals surface area contributed by atoms with Crippen LogP contribution in [0.2, 0.25) is 0 Å². The van der Waals surface area contributed by atoms with E-state index in [1.165, 1.54) is 0 Å². The van der Waals surface area contributed by atoms with Crippen LogP contribution < -0.4 is 4.74 Å². The minimum atomic E-state index is -0.866. The molecule has 1 atom stereocenters. The van der Waals surface area contributed by atoms with E-state index < -0.39 is 6.29 Å². The van der Waals surface area contributed by atoms with Gasteiger partial charge in [-0.15, -0.1) is 0 Å². The fraction of sp³-hybridized carbons (Fsp3) is 0.455. The second-order valence-corrected chi connectivity index (χ2v) is 3.03. The van der Waals surface area contributed by atoms with Crippen LogP contribution in [0.1, 0.15) is 24.3 Å². The summed E-state index contributed by atoms with van der Waals surface area (Å²) in [5.41, 5.74) is 1.75. The summed E-state index contributed by atoms with van der Waals surface area (Å²) in [6.07, 6.45) is -0.866. The van der Waals surface area contributed by atoms with E-state index in [0.29, 0.717) is 6.61 Å². The van der Waals surface area contributed by atoms with Crippen molar-refractivity contribution in [1.82, 2.24) is 0 Å². The Bertz CT molecular complexity index is 297. The van der Waals surface area contributed by atoms with Crippen molar-refractivity contribution in [1.29, 1.82) is 0 Å². The molecule has 0 radical (unpaired) electrons. The molecule has 3 heteroatoms. The highest BCUT2D eigenvalue weighted by atomic mass is 16.6. The maximum absolute atomic E-state index is 9.64. The smallest absolute Gasteiger partial charge is 0.181 e. The van der Waals surface area contributed by atoms with E-state index in [4.69, 9.17) is 9.47 Å². The monoisotopic (exact) mass is 196 g/mol. The van der Waals surface area contributed by atoms with Crippen LogP contribution in [0.15, 0.2) is 18.2 Å². The summed E-state index contributed by atoms with van der Waals surface area (Å²) < 4.78 is 10.2. The molecule has 14 heavy (non-hydrogen) atoms. The molecule has 1 rings (SSSR count). The minimum absolute atomic E-state index is 0.484. The Labute approximate surface area is 84.3 Å². The third kappa shape index (κ3) is 2.47. The fourth-order valence-corrected chi connectivity index (χ4v) is 1.26. The van der Waals surface area contributed by atoms with Gasteiger partial charge in [0, 0.05) is 12.2 Å². The number of hydrogen-bond acceptors (Lipinski definition) is 3. The lowest BCUT2D eigenvalue weighted by atomic mass is 10.1. The Morgan fingerprint density at radius 2 is 2.14 bits per heavy atom. The number of aryl methyl sites for hydroxylation is 1. The van der Waals surface area contributed by atoms with E-state index >= 15 is 0 Å². The Morgan fingerprint density at radius 1 is 1.43 bits per heavy atom. The van der Waals surface area contributed by atoms with Crippen LogP contribution in [0, 0.1) is 6.92 Å². The second kappa shape index (κ2) is 4.98. The highest BCUT2D eigenvalue weighted by Gasteiger charge is 2.10. The zero-order valence-corrected chi connectivity index (χ0v) is 8.78. The molecule has 0 aliphatic rings. The molecule has 0 fully saturated rings. The number of methoxy groups -OCH3 is 1. The summed E-state index contributed by atoms with van der Waals surface area (Å²) in [5.74, 6) is 0.726. The standard InChI is InChI=1S/C11H16O3/c1-4-14-11(12)10-7-9(13-3)6-5-8(10)2/h5-7,11-12H,4H2,1-3H3. The first kappa shape index (κ1) is 11.0. The van der Waals surface area contributed by atoms with Gasteiger partial charge in [0.05, 0.1) is 7.11 Å². The average Bonchev–Trinajstić information content (AvgIpc) is 2.19. The Hall–Kier alpha value is -1.06. The molecule has 0 spiro atoms. The lowest BCUT2D eigenvalue weighted by Crippen LogP contribution is -2.05. The molecular formula is C11H16O3. The summed E-state index contributed by atoms with van der Waals surface area (Å²) >= 11 is 0. The SMILES string of the molecule is CCOC(O)c1cc(OC)ccc1C. The zero-order valence-electron chi connectivity index (χ0n) is 8.78. The first-order chi connectivity index (χ1) is 6.69. The summed E-state index contributed by atoms with van der Waals surface area (Å²) in [5, 5.41) is 9.64. The highest BCUT2D eigenvalue weighted by molar-refractivity contribution is 5.35. The van der Waals surface area contributed by atoms with Gasteiger partial charge in [-0.05, 0) is 31.5 Å². The number of ether oxygens (including phenoxy) is 2. The van der Waals surface area contributed by atoms with Crippen LogP contribution in [0.5, 0.6) is 5.75 Å². The molecule has 1 aromatic carbocycles. The molecule has 0 saturated carbocycles. The van der Waals surface area contributed by atoms with Gasteiger partial charge in [-0.3, -0.25) is 0 Å². The van der Waals surface area contributed by atoms with Crippen molar-refractivity contribution in [2.45, 2.75) is 20.1 Å². The van der Waals surface area contributed by atoms with Gasteiger partial charge in [-0.2, -0.15) is 0 Å². The van der Waals surface area contributed by atoms with E-state index in [1.54, 1.807) is 13.2 Å². The van der Waals surface area contributed by atoms with E-state index in [-0.39, 0.29) is 0 Å². The Balaban J connectivity index is 2.93. The predicted octanol–water partition coefficient (Wildman–Crippen LogP) is 2.03. The van der Waals surface area contributed by atoms with Crippen molar-refractivity contribution in [3.63, 3.8) is 0 Å². The molecular weight excluding hydrogens is 180 g/mol. The third-order valence-electron chi connectivity index (χ3n) is 2.08. The van der Waals surface area contributed by atoms with Gasteiger partial charge in [-0.25, -0.2) is 0 Å². The summed E-state index contributed by atoms with van der Waals surface area (Å²) in [7, 11) is 1.60. The van der Waals surface area contributed by atoms with Gasteiger partial charge in [-0.1, -0.05) is 6.07 Å². The van der Waals surface area contributed by atoms with E-state index in [1.807, 2.05) is 26.0 Å². The predicted molar refractivity (Wildman–Crippen MR) is 54.3 cm³/mol. The topological polar surface area (TPSA) is 38.7 Å². The van der Waals surface area contributed by atoms with Gasteiger partial charge >= 0.3 is 0 Å². The number of aliphatic hydroxyl groups is 1. The third-order valence-corrected chi connectivity index (χ3v) is 2.08. The number of hydrogen-bond donors (Lipinski definition) is 1. The maximum Gasteiger partial charge on any atom is 0.181 e. The van der Waals surface area contributed by atoms with Crippen molar-refractivity contribution in [3.05, 3.63) is 29.3 Å². The molecule has 0 heterocycles. The summed E-state index contributed by atoms with van der Waals surface area (Å²) in [4.78, 5) is 0. The van der Waals surface area contributed by atoms with E-state index in [0.717, 1.165) is 16.9 Å². The van der Waals surface area contributed by atoms with Gasteiger partial charge in [0.15, 0.2) is 6.29 Å². The fourth-order valence-electron chi connectivity index (χ4n) is 1.26. The van der Waals surface area contributed by atoms with Gasteiger partial charge in [0.2, 0.25) is 0 Å². The molecule has 0 bridgehead atoms. The Morgan fingerprint density at radius 3 is 2.71 bits per heavy atom. The maximum atomic E-state index is 9.64. The first-order valence-corrected chi connectivity index (χ1v) is 4.63.